The summed E-state index contributed by atoms with van der Waals surface area (Å²) in [6, 6.07) is 18.4. The SMILES string of the molecule is CC(O)CCCCCC=CC(=O)CCc1ccc(O)c(OCCc2ccc(O)c(Cc3ccc(C(N)N)cc3)c2)c1. The van der Waals surface area contributed by atoms with Gasteiger partial charge in [0, 0.05) is 19.3 Å². The fourth-order valence-corrected chi connectivity index (χ4v) is 4.57. The van der Waals surface area contributed by atoms with Crippen molar-refractivity contribution >= 4 is 5.78 Å². The Morgan fingerprint density at radius 2 is 1.56 bits per heavy atom. The number of phenols is 2. The lowest BCUT2D eigenvalue weighted by atomic mass is 9.99. The fraction of sp³-hybridized carbons (Fsp3) is 0.382. The Bertz CT molecular complexity index is 1270. The number of allylic oxidation sites excluding steroid dienone is 2. The second-order valence-electron chi connectivity index (χ2n) is 10.7. The first-order valence-corrected chi connectivity index (χ1v) is 14.4. The van der Waals surface area contributed by atoms with Gasteiger partial charge in [-0.15, -0.1) is 0 Å². The van der Waals surface area contributed by atoms with Crippen molar-refractivity contribution in [3.05, 3.63) is 101 Å². The summed E-state index contributed by atoms with van der Waals surface area (Å²) in [6.45, 7) is 2.15. The van der Waals surface area contributed by atoms with Gasteiger partial charge < -0.3 is 31.5 Å². The predicted octanol–water partition coefficient (Wildman–Crippen LogP) is 5.62. The average Bonchev–Trinajstić information content (AvgIpc) is 2.94. The molecule has 0 radical (unpaired) electrons. The molecular formula is C34H44N2O5. The van der Waals surface area contributed by atoms with E-state index in [-0.39, 0.29) is 23.4 Å². The van der Waals surface area contributed by atoms with Crippen LogP contribution in [0.4, 0.5) is 0 Å². The van der Waals surface area contributed by atoms with Crippen LogP contribution in [0.15, 0.2) is 72.8 Å². The van der Waals surface area contributed by atoms with Crippen LogP contribution in [0, 0.1) is 0 Å². The molecule has 0 fully saturated rings. The zero-order chi connectivity index (χ0) is 29.6. The van der Waals surface area contributed by atoms with E-state index < -0.39 is 6.17 Å². The van der Waals surface area contributed by atoms with E-state index in [1.54, 1.807) is 37.3 Å². The number of benzene rings is 3. The van der Waals surface area contributed by atoms with Crippen molar-refractivity contribution in [2.75, 3.05) is 6.61 Å². The zero-order valence-corrected chi connectivity index (χ0v) is 24.0. The highest BCUT2D eigenvalue weighted by atomic mass is 16.5. The number of carbonyl (C=O) groups excluding carboxylic acids is 1. The van der Waals surface area contributed by atoms with Crippen molar-refractivity contribution in [2.24, 2.45) is 11.5 Å². The molecule has 3 aromatic rings. The van der Waals surface area contributed by atoms with Crippen LogP contribution in [0.5, 0.6) is 17.2 Å². The molecule has 0 bridgehead atoms. The van der Waals surface area contributed by atoms with Gasteiger partial charge in [-0.1, -0.05) is 61.4 Å². The number of aliphatic hydroxyl groups excluding tert-OH is 1. The number of aromatic hydroxyl groups is 2. The van der Waals surface area contributed by atoms with Gasteiger partial charge in [0.05, 0.1) is 18.9 Å². The molecule has 7 nitrogen and oxygen atoms in total. The number of aliphatic hydroxyl groups is 1. The maximum Gasteiger partial charge on any atom is 0.161 e. The Hall–Kier alpha value is -3.65. The molecule has 41 heavy (non-hydrogen) atoms. The van der Waals surface area contributed by atoms with Crippen molar-refractivity contribution < 1.29 is 24.9 Å². The molecule has 0 amide bonds. The minimum Gasteiger partial charge on any atom is -0.508 e. The summed E-state index contributed by atoms with van der Waals surface area (Å²) in [4.78, 5) is 12.3. The molecule has 0 aliphatic heterocycles. The number of rotatable bonds is 17. The molecule has 0 aliphatic rings. The monoisotopic (exact) mass is 560 g/mol. The molecular weight excluding hydrogens is 516 g/mol. The standard InChI is InChI=1S/C34H44N2O5/c1-24(37)7-5-3-2-4-6-8-30(38)16-11-26-13-18-32(40)33(23-26)41-20-19-27-12-17-31(39)29(22-27)21-25-9-14-28(15-10-25)34(35)36/h6,8-10,12-15,17-18,22-24,34,37,39-40H,2-5,7,11,16,19-21,35-36H2,1H3. The molecule has 3 rings (SSSR count). The summed E-state index contributed by atoms with van der Waals surface area (Å²) in [6.07, 6.45) is 9.69. The van der Waals surface area contributed by atoms with Crippen LogP contribution < -0.4 is 16.2 Å². The summed E-state index contributed by atoms with van der Waals surface area (Å²) in [7, 11) is 0. The van der Waals surface area contributed by atoms with Crippen LogP contribution in [0.2, 0.25) is 0 Å². The highest BCUT2D eigenvalue weighted by molar-refractivity contribution is 5.89. The maximum atomic E-state index is 12.3. The molecule has 0 spiro atoms. The number of ketones is 1. The Morgan fingerprint density at radius 3 is 2.27 bits per heavy atom. The first kappa shape index (κ1) is 31.9. The third-order valence-corrected chi connectivity index (χ3v) is 7.03. The van der Waals surface area contributed by atoms with Gasteiger partial charge in [0.2, 0.25) is 0 Å². The maximum absolute atomic E-state index is 12.3. The van der Waals surface area contributed by atoms with E-state index in [1.165, 1.54) is 0 Å². The van der Waals surface area contributed by atoms with Crippen LogP contribution in [-0.4, -0.2) is 33.8 Å². The number of ether oxygens (including phenoxy) is 1. The van der Waals surface area contributed by atoms with E-state index in [1.807, 2.05) is 42.5 Å². The summed E-state index contributed by atoms with van der Waals surface area (Å²) in [5.74, 6) is 0.755. The number of unbranched alkanes of at least 4 members (excludes halogenated alkanes) is 3. The minimum atomic E-state index is -0.515. The first-order chi connectivity index (χ1) is 19.7. The van der Waals surface area contributed by atoms with Gasteiger partial charge in [-0.25, -0.2) is 0 Å². The van der Waals surface area contributed by atoms with Gasteiger partial charge in [-0.3, -0.25) is 4.79 Å². The number of phenolic OH excluding ortho intramolecular Hbond substituents is 2. The van der Waals surface area contributed by atoms with Crippen molar-refractivity contribution in [1.29, 1.82) is 0 Å². The van der Waals surface area contributed by atoms with E-state index in [2.05, 4.69) is 0 Å². The molecule has 0 saturated heterocycles. The third kappa shape index (κ3) is 11.4. The summed E-state index contributed by atoms with van der Waals surface area (Å²) < 4.78 is 5.89. The van der Waals surface area contributed by atoms with Crippen LogP contribution in [-0.2, 0) is 24.1 Å². The molecule has 7 N–H and O–H groups in total. The van der Waals surface area contributed by atoms with Gasteiger partial charge in [-0.05, 0) is 84.7 Å². The largest absolute Gasteiger partial charge is 0.508 e. The lowest BCUT2D eigenvalue weighted by Gasteiger charge is -2.12. The van der Waals surface area contributed by atoms with E-state index in [0.29, 0.717) is 38.0 Å². The Balaban J connectivity index is 1.46. The number of hydrogen-bond acceptors (Lipinski definition) is 7. The summed E-state index contributed by atoms with van der Waals surface area (Å²) in [5, 5.41) is 29.9. The lowest BCUT2D eigenvalue weighted by molar-refractivity contribution is -0.114. The molecule has 3 aromatic carbocycles. The fourth-order valence-electron chi connectivity index (χ4n) is 4.57. The van der Waals surface area contributed by atoms with Gasteiger partial charge in [0.25, 0.3) is 0 Å². The van der Waals surface area contributed by atoms with Crippen LogP contribution in [0.3, 0.4) is 0 Å². The van der Waals surface area contributed by atoms with E-state index in [0.717, 1.165) is 59.9 Å². The van der Waals surface area contributed by atoms with E-state index in [9.17, 15) is 20.1 Å². The van der Waals surface area contributed by atoms with Crippen molar-refractivity contribution in [2.45, 2.75) is 77.0 Å². The number of nitrogens with two attached hydrogens (primary N) is 2. The molecule has 0 heterocycles. The normalized spacial score (nSPS) is 12.2. The first-order valence-electron chi connectivity index (χ1n) is 14.4. The Morgan fingerprint density at radius 1 is 0.878 bits per heavy atom. The van der Waals surface area contributed by atoms with Gasteiger partial charge in [-0.2, -0.15) is 0 Å². The third-order valence-electron chi connectivity index (χ3n) is 7.03. The van der Waals surface area contributed by atoms with E-state index >= 15 is 0 Å². The highest BCUT2D eigenvalue weighted by Gasteiger charge is 2.09. The summed E-state index contributed by atoms with van der Waals surface area (Å²) in [5.41, 5.74) is 16.1. The molecule has 1 atom stereocenters. The van der Waals surface area contributed by atoms with Crippen LogP contribution in [0.25, 0.3) is 0 Å². The smallest absolute Gasteiger partial charge is 0.161 e. The number of aryl methyl sites for hydroxylation is 1. The molecule has 0 saturated carbocycles. The Labute approximate surface area is 243 Å². The quantitative estimate of drug-likeness (QED) is 0.0821. The molecule has 7 heteroatoms. The number of carbonyl (C=O) groups is 1. The topological polar surface area (TPSA) is 139 Å². The van der Waals surface area contributed by atoms with Crippen LogP contribution in [0.1, 0.15) is 79.4 Å². The van der Waals surface area contributed by atoms with Gasteiger partial charge in [0.15, 0.2) is 17.3 Å². The van der Waals surface area contributed by atoms with Gasteiger partial charge >= 0.3 is 0 Å². The predicted molar refractivity (Wildman–Crippen MR) is 163 cm³/mol. The zero-order valence-electron chi connectivity index (χ0n) is 24.0. The Kier molecular flexibility index (Phi) is 12.9. The highest BCUT2D eigenvalue weighted by Crippen LogP contribution is 2.28. The van der Waals surface area contributed by atoms with Crippen molar-refractivity contribution in [1.82, 2.24) is 0 Å². The summed E-state index contributed by atoms with van der Waals surface area (Å²) >= 11 is 0. The van der Waals surface area contributed by atoms with Crippen molar-refractivity contribution in [3.63, 3.8) is 0 Å². The van der Waals surface area contributed by atoms with Crippen molar-refractivity contribution in [3.8, 4) is 17.2 Å². The average molecular weight is 561 g/mol. The second kappa shape index (κ2) is 16.6. The molecule has 0 aromatic heterocycles. The molecule has 220 valence electrons. The van der Waals surface area contributed by atoms with Gasteiger partial charge in [0.1, 0.15) is 5.75 Å². The number of hydrogen-bond donors (Lipinski definition) is 5. The van der Waals surface area contributed by atoms with E-state index in [4.69, 9.17) is 16.2 Å². The minimum absolute atomic E-state index is 0.0580. The second-order valence-corrected chi connectivity index (χ2v) is 10.7. The molecule has 1 unspecified atom stereocenters. The van der Waals surface area contributed by atoms with Crippen LogP contribution >= 0.6 is 0 Å². The molecule has 0 aliphatic carbocycles. The lowest BCUT2D eigenvalue weighted by Crippen LogP contribution is -2.19.